The topological polar surface area (TPSA) is 43.4 Å². The predicted molar refractivity (Wildman–Crippen MR) is 82.5 cm³/mol. The molecular formula is C17H18O3S. The maximum atomic E-state index is 12.6. The van der Waals surface area contributed by atoms with Gasteiger partial charge in [0.05, 0.1) is 17.3 Å². The summed E-state index contributed by atoms with van der Waals surface area (Å²) < 4.78 is 30.3. The van der Waals surface area contributed by atoms with Gasteiger partial charge in [-0.2, -0.15) is 0 Å². The largest absolute Gasteiger partial charge is 0.497 e. The van der Waals surface area contributed by atoms with Crippen molar-refractivity contribution in [2.75, 3.05) is 7.11 Å². The van der Waals surface area contributed by atoms with Crippen LogP contribution in [0.25, 0.3) is 0 Å². The Hall–Kier alpha value is -1.81. The highest BCUT2D eigenvalue weighted by Gasteiger charge is 2.48. The molecule has 21 heavy (non-hydrogen) atoms. The van der Waals surface area contributed by atoms with Crippen molar-refractivity contribution >= 4 is 9.84 Å². The number of hydrogen-bond acceptors (Lipinski definition) is 3. The zero-order valence-electron chi connectivity index (χ0n) is 12.1. The van der Waals surface area contributed by atoms with Gasteiger partial charge in [-0.1, -0.05) is 29.8 Å². The third-order valence-electron chi connectivity index (χ3n) is 4.02. The summed E-state index contributed by atoms with van der Waals surface area (Å²) in [5.74, 6) is 0.888. The van der Waals surface area contributed by atoms with E-state index >= 15 is 0 Å². The Morgan fingerprint density at radius 1 is 1.00 bits per heavy atom. The number of sulfone groups is 1. The highest BCUT2D eigenvalue weighted by atomic mass is 32.2. The molecule has 1 fully saturated rings. The van der Waals surface area contributed by atoms with Gasteiger partial charge in [0.25, 0.3) is 0 Å². The second-order valence-corrected chi connectivity index (χ2v) is 7.68. The summed E-state index contributed by atoms with van der Waals surface area (Å²) >= 11 is 0. The van der Waals surface area contributed by atoms with E-state index in [-0.39, 0.29) is 11.2 Å². The Bertz CT molecular complexity index is 731. The third kappa shape index (κ3) is 2.68. The number of aryl methyl sites for hydroxylation is 1. The van der Waals surface area contributed by atoms with Crippen LogP contribution >= 0.6 is 0 Å². The zero-order valence-corrected chi connectivity index (χ0v) is 12.9. The molecule has 0 N–H and O–H groups in total. The van der Waals surface area contributed by atoms with Gasteiger partial charge in [0, 0.05) is 5.92 Å². The van der Waals surface area contributed by atoms with Crippen molar-refractivity contribution in [3.63, 3.8) is 0 Å². The molecule has 2 atom stereocenters. The lowest BCUT2D eigenvalue weighted by atomic mass is 10.1. The van der Waals surface area contributed by atoms with E-state index in [1.807, 2.05) is 43.3 Å². The van der Waals surface area contributed by atoms with E-state index in [4.69, 9.17) is 4.74 Å². The van der Waals surface area contributed by atoms with Gasteiger partial charge in [0.1, 0.15) is 5.75 Å². The van der Waals surface area contributed by atoms with Crippen LogP contribution in [0.3, 0.4) is 0 Å². The Balaban J connectivity index is 1.81. The summed E-state index contributed by atoms with van der Waals surface area (Å²) in [4.78, 5) is 0.425. The number of hydrogen-bond donors (Lipinski definition) is 0. The van der Waals surface area contributed by atoms with E-state index < -0.39 is 9.84 Å². The third-order valence-corrected chi connectivity index (χ3v) is 6.27. The van der Waals surface area contributed by atoms with Crippen LogP contribution in [0.15, 0.2) is 53.4 Å². The molecule has 0 saturated heterocycles. The van der Waals surface area contributed by atoms with Gasteiger partial charge < -0.3 is 4.74 Å². The monoisotopic (exact) mass is 302 g/mol. The molecule has 110 valence electrons. The lowest BCUT2D eigenvalue weighted by Crippen LogP contribution is -2.09. The summed E-state index contributed by atoms with van der Waals surface area (Å²) in [6, 6.07) is 14.8. The number of benzene rings is 2. The second kappa shape index (κ2) is 5.19. The summed E-state index contributed by atoms with van der Waals surface area (Å²) in [6.07, 6.45) is 0.697. The molecule has 0 amide bonds. The van der Waals surface area contributed by atoms with E-state index in [0.717, 1.165) is 16.9 Å². The van der Waals surface area contributed by atoms with E-state index in [0.29, 0.717) is 11.3 Å². The van der Waals surface area contributed by atoms with Crippen LogP contribution in [0.2, 0.25) is 0 Å². The molecule has 2 aromatic carbocycles. The summed E-state index contributed by atoms with van der Waals surface area (Å²) in [5, 5.41) is -0.298. The molecule has 1 saturated carbocycles. The van der Waals surface area contributed by atoms with E-state index in [1.165, 1.54) is 0 Å². The van der Waals surface area contributed by atoms with Crippen molar-refractivity contribution < 1.29 is 13.2 Å². The van der Waals surface area contributed by atoms with Gasteiger partial charge in [-0.3, -0.25) is 0 Å². The minimum atomic E-state index is -3.23. The highest BCUT2D eigenvalue weighted by Crippen LogP contribution is 2.48. The molecule has 0 unspecified atom stereocenters. The molecular weight excluding hydrogens is 284 g/mol. The first kappa shape index (κ1) is 14.1. The molecule has 0 bridgehead atoms. The Morgan fingerprint density at radius 2 is 1.62 bits per heavy atom. The van der Waals surface area contributed by atoms with Gasteiger partial charge in [-0.15, -0.1) is 0 Å². The van der Waals surface area contributed by atoms with E-state index in [9.17, 15) is 8.42 Å². The number of rotatable bonds is 4. The highest BCUT2D eigenvalue weighted by molar-refractivity contribution is 7.92. The fourth-order valence-corrected chi connectivity index (χ4v) is 4.53. The molecule has 3 nitrogen and oxygen atoms in total. The van der Waals surface area contributed by atoms with E-state index in [2.05, 4.69) is 0 Å². The van der Waals surface area contributed by atoms with Crippen LogP contribution in [-0.2, 0) is 9.84 Å². The van der Waals surface area contributed by atoms with Gasteiger partial charge in [0.2, 0.25) is 0 Å². The van der Waals surface area contributed by atoms with Crippen molar-refractivity contribution in [1.82, 2.24) is 0 Å². The van der Waals surface area contributed by atoms with Crippen LogP contribution in [0.5, 0.6) is 5.75 Å². The number of methoxy groups -OCH3 is 1. The van der Waals surface area contributed by atoms with Gasteiger partial charge in [-0.25, -0.2) is 8.42 Å². The second-order valence-electron chi connectivity index (χ2n) is 5.51. The smallest absolute Gasteiger partial charge is 0.181 e. The SMILES string of the molecule is COc1ccc([C@@H]2C[C@H]2S(=O)(=O)c2ccc(C)cc2)cc1. The fraction of sp³-hybridized carbons (Fsp3) is 0.294. The Labute approximate surface area is 125 Å². The minimum Gasteiger partial charge on any atom is -0.497 e. The first-order chi connectivity index (χ1) is 10.0. The minimum absolute atomic E-state index is 0.0993. The zero-order chi connectivity index (χ0) is 15.0. The van der Waals surface area contributed by atoms with Crippen LogP contribution < -0.4 is 4.74 Å². The van der Waals surface area contributed by atoms with Crippen molar-refractivity contribution in [3.05, 3.63) is 59.7 Å². The summed E-state index contributed by atoms with van der Waals surface area (Å²) in [6.45, 7) is 1.95. The Kier molecular flexibility index (Phi) is 3.49. The molecule has 0 spiro atoms. The first-order valence-corrected chi connectivity index (χ1v) is 8.51. The standard InChI is InChI=1S/C17H18O3S/c1-12-3-9-15(10-4-12)21(18,19)17-11-16(17)13-5-7-14(20-2)8-6-13/h3-10,16-17H,11H2,1-2H3/t16-,17+/m0/s1. The summed E-state index contributed by atoms with van der Waals surface area (Å²) in [7, 11) is -1.60. The molecule has 1 aliphatic rings. The molecule has 0 aromatic heterocycles. The predicted octanol–water partition coefficient (Wildman–Crippen LogP) is 3.33. The van der Waals surface area contributed by atoms with Crippen LogP contribution in [0.1, 0.15) is 23.5 Å². The lowest BCUT2D eigenvalue weighted by molar-refractivity contribution is 0.414. The molecule has 1 aliphatic carbocycles. The molecule has 3 rings (SSSR count). The van der Waals surface area contributed by atoms with Crippen molar-refractivity contribution in [1.29, 1.82) is 0 Å². The lowest BCUT2D eigenvalue weighted by Gasteiger charge is -2.05. The fourth-order valence-electron chi connectivity index (χ4n) is 2.62. The average Bonchev–Trinajstić information content (AvgIpc) is 3.29. The van der Waals surface area contributed by atoms with Crippen molar-refractivity contribution in [3.8, 4) is 5.75 Å². The number of ether oxygens (including phenoxy) is 1. The molecule has 0 heterocycles. The van der Waals surface area contributed by atoms with Crippen molar-refractivity contribution in [2.45, 2.75) is 29.4 Å². The van der Waals surface area contributed by atoms with Crippen LogP contribution in [0, 0.1) is 6.92 Å². The van der Waals surface area contributed by atoms with Gasteiger partial charge in [0.15, 0.2) is 9.84 Å². The molecule has 0 radical (unpaired) electrons. The van der Waals surface area contributed by atoms with Crippen LogP contribution in [-0.4, -0.2) is 20.8 Å². The maximum Gasteiger partial charge on any atom is 0.181 e. The van der Waals surface area contributed by atoms with Crippen molar-refractivity contribution in [2.24, 2.45) is 0 Å². The van der Waals surface area contributed by atoms with Gasteiger partial charge in [-0.05, 0) is 43.2 Å². The average molecular weight is 302 g/mol. The Morgan fingerprint density at radius 3 is 2.19 bits per heavy atom. The van der Waals surface area contributed by atoms with Crippen LogP contribution in [0.4, 0.5) is 0 Å². The summed E-state index contributed by atoms with van der Waals surface area (Å²) in [5.41, 5.74) is 2.13. The normalized spacial score (nSPS) is 21.0. The molecule has 0 aliphatic heterocycles. The molecule has 2 aromatic rings. The first-order valence-electron chi connectivity index (χ1n) is 6.97. The van der Waals surface area contributed by atoms with Gasteiger partial charge >= 0.3 is 0 Å². The van der Waals surface area contributed by atoms with E-state index in [1.54, 1.807) is 19.2 Å². The maximum absolute atomic E-state index is 12.6. The quantitative estimate of drug-likeness (QED) is 0.870. The molecule has 4 heteroatoms.